The molecule has 72 valence electrons. The summed E-state index contributed by atoms with van der Waals surface area (Å²) in [5, 5.41) is 0. The summed E-state index contributed by atoms with van der Waals surface area (Å²) in [6.07, 6.45) is 1.98. The first kappa shape index (κ1) is 9.90. The second kappa shape index (κ2) is 3.69. The van der Waals surface area contributed by atoms with E-state index in [0.29, 0.717) is 0 Å². The SMILES string of the molecule is CCc1cc(C)c(N)c(N)c1CC. The number of rotatable bonds is 2. The van der Waals surface area contributed by atoms with E-state index in [1.165, 1.54) is 11.1 Å². The summed E-state index contributed by atoms with van der Waals surface area (Å²) in [5.41, 5.74) is 17.0. The largest absolute Gasteiger partial charge is 0.397 e. The molecule has 0 radical (unpaired) electrons. The molecule has 4 N–H and O–H groups in total. The molecule has 1 rings (SSSR count). The van der Waals surface area contributed by atoms with Crippen LogP contribution >= 0.6 is 0 Å². The van der Waals surface area contributed by atoms with Crippen LogP contribution in [0.25, 0.3) is 0 Å². The Hall–Kier alpha value is -1.18. The van der Waals surface area contributed by atoms with Gasteiger partial charge in [0, 0.05) is 0 Å². The van der Waals surface area contributed by atoms with Gasteiger partial charge in [-0.1, -0.05) is 19.9 Å². The van der Waals surface area contributed by atoms with Crippen molar-refractivity contribution in [2.24, 2.45) is 0 Å². The van der Waals surface area contributed by atoms with E-state index in [0.717, 1.165) is 29.8 Å². The smallest absolute Gasteiger partial charge is 0.0585 e. The van der Waals surface area contributed by atoms with Gasteiger partial charge in [0.05, 0.1) is 11.4 Å². The summed E-state index contributed by atoms with van der Waals surface area (Å²) in [6, 6.07) is 2.14. The Bertz CT molecular complexity index is 316. The predicted molar refractivity (Wildman–Crippen MR) is 58.8 cm³/mol. The van der Waals surface area contributed by atoms with Crippen molar-refractivity contribution in [1.29, 1.82) is 0 Å². The average molecular weight is 178 g/mol. The number of nitrogen functional groups attached to an aromatic ring is 2. The number of aryl methyl sites for hydroxylation is 2. The predicted octanol–water partition coefficient (Wildman–Crippen LogP) is 2.28. The van der Waals surface area contributed by atoms with Crippen molar-refractivity contribution in [3.63, 3.8) is 0 Å². The first-order valence-electron chi connectivity index (χ1n) is 4.78. The molecule has 0 unspecified atom stereocenters. The highest BCUT2D eigenvalue weighted by Crippen LogP contribution is 2.28. The summed E-state index contributed by atoms with van der Waals surface area (Å²) in [6.45, 7) is 6.26. The number of hydrogen-bond donors (Lipinski definition) is 2. The van der Waals surface area contributed by atoms with Crippen LogP contribution in [0.4, 0.5) is 11.4 Å². The van der Waals surface area contributed by atoms with Gasteiger partial charge >= 0.3 is 0 Å². The molecule has 0 spiro atoms. The average Bonchev–Trinajstić information content (AvgIpc) is 2.13. The lowest BCUT2D eigenvalue weighted by molar-refractivity contribution is 1.04. The molecule has 0 aliphatic heterocycles. The third kappa shape index (κ3) is 1.62. The topological polar surface area (TPSA) is 52.0 Å². The van der Waals surface area contributed by atoms with Gasteiger partial charge in [-0.3, -0.25) is 0 Å². The van der Waals surface area contributed by atoms with Gasteiger partial charge in [-0.25, -0.2) is 0 Å². The van der Waals surface area contributed by atoms with E-state index in [1.54, 1.807) is 0 Å². The van der Waals surface area contributed by atoms with Crippen LogP contribution in [-0.4, -0.2) is 0 Å². The molecular formula is C11H18N2. The maximum absolute atomic E-state index is 5.95. The highest BCUT2D eigenvalue weighted by Gasteiger charge is 2.08. The second-order valence-electron chi connectivity index (χ2n) is 3.37. The van der Waals surface area contributed by atoms with Crippen molar-refractivity contribution in [3.05, 3.63) is 22.8 Å². The highest BCUT2D eigenvalue weighted by molar-refractivity contribution is 5.72. The van der Waals surface area contributed by atoms with Gasteiger partial charge < -0.3 is 11.5 Å². The molecule has 0 bridgehead atoms. The van der Waals surface area contributed by atoms with Crippen LogP contribution in [0.1, 0.15) is 30.5 Å². The van der Waals surface area contributed by atoms with Gasteiger partial charge in [0.2, 0.25) is 0 Å². The van der Waals surface area contributed by atoms with Crippen LogP contribution in [0.15, 0.2) is 6.07 Å². The molecule has 0 atom stereocenters. The van der Waals surface area contributed by atoms with E-state index < -0.39 is 0 Å². The molecule has 0 fully saturated rings. The Morgan fingerprint density at radius 2 is 1.69 bits per heavy atom. The quantitative estimate of drug-likeness (QED) is 0.683. The van der Waals surface area contributed by atoms with E-state index in [-0.39, 0.29) is 0 Å². The number of anilines is 2. The van der Waals surface area contributed by atoms with Crippen LogP contribution in [0.3, 0.4) is 0 Å². The van der Waals surface area contributed by atoms with Crippen LogP contribution in [0.5, 0.6) is 0 Å². The van der Waals surface area contributed by atoms with E-state index in [9.17, 15) is 0 Å². The van der Waals surface area contributed by atoms with Crippen molar-refractivity contribution < 1.29 is 0 Å². The Labute approximate surface area is 79.9 Å². The summed E-state index contributed by atoms with van der Waals surface area (Å²) >= 11 is 0. The van der Waals surface area contributed by atoms with E-state index in [2.05, 4.69) is 19.9 Å². The molecule has 0 saturated carbocycles. The monoisotopic (exact) mass is 178 g/mol. The molecule has 0 aliphatic carbocycles. The maximum atomic E-state index is 5.95. The van der Waals surface area contributed by atoms with E-state index in [4.69, 9.17) is 11.5 Å². The normalized spacial score (nSPS) is 10.4. The van der Waals surface area contributed by atoms with Crippen LogP contribution < -0.4 is 11.5 Å². The van der Waals surface area contributed by atoms with Crippen molar-refractivity contribution in [2.45, 2.75) is 33.6 Å². The lowest BCUT2D eigenvalue weighted by Gasteiger charge is -2.14. The summed E-state index contributed by atoms with van der Waals surface area (Å²) in [7, 11) is 0. The van der Waals surface area contributed by atoms with E-state index in [1.807, 2.05) is 6.92 Å². The zero-order chi connectivity index (χ0) is 10.0. The number of nitrogens with two attached hydrogens (primary N) is 2. The van der Waals surface area contributed by atoms with Gasteiger partial charge in [-0.2, -0.15) is 0 Å². The first-order valence-corrected chi connectivity index (χ1v) is 4.78. The molecule has 0 saturated heterocycles. The fourth-order valence-electron chi connectivity index (χ4n) is 1.71. The number of hydrogen-bond acceptors (Lipinski definition) is 2. The molecular weight excluding hydrogens is 160 g/mol. The van der Waals surface area contributed by atoms with Gasteiger partial charge in [0.25, 0.3) is 0 Å². The van der Waals surface area contributed by atoms with Crippen molar-refractivity contribution >= 4 is 11.4 Å². The van der Waals surface area contributed by atoms with Gasteiger partial charge in [0.1, 0.15) is 0 Å². The molecule has 0 heterocycles. The lowest BCUT2D eigenvalue weighted by atomic mass is 9.97. The zero-order valence-electron chi connectivity index (χ0n) is 8.65. The fraction of sp³-hybridized carbons (Fsp3) is 0.455. The Kier molecular flexibility index (Phi) is 2.81. The van der Waals surface area contributed by atoms with Crippen LogP contribution in [-0.2, 0) is 12.8 Å². The standard InChI is InChI=1S/C11H18N2/c1-4-8-6-7(3)10(12)11(13)9(8)5-2/h6H,4-5,12-13H2,1-3H3. The molecule has 2 heteroatoms. The number of benzene rings is 1. The lowest BCUT2D eigenvalue weighted by Crippen LogP contribution is -2.05. The summed E-state index contributed by atoms with van der Waals surface area (Å²) in [5.74, 6) is 0. The minimum atomic E-state index is 0.744. The Balaban J connectivity index is 3.39. The highest BCUT2D eigenvalue weighted by atomic mass is 14.7. The van der Waals surface area contributed by atoms with Crippen LogP contribution in [0.2, 0.25) is 0 Å². The molecule has 1 aromatic carbocycles. The van der Waals surface area contributed by atoms with Gasteiger partial charge in [-0.05, 0) is 36.5 Å². The second-order valence-corrected chi connectivity index (χ2v) is 3.37. The molecule has 0 aliphatic rings. The van der Waals surface area contributed by atoms with Crippen LogP contribution in [0, 0.1) is 6.92 Å². The maximum Gasteiger partial charge on any atom is 0.0585 e. The first-order chi connectivity index (χ1) is 6.11. The molecule has 1 aromatic rings. The van der Waals surface area contributed by atoms with Gasteiger partial charge in [0.15, 0.2) is 0 Å². The summed E-state index contributed by atoms with van der Waals surface area (Å²) < 4.78 is 0. The van der Waals surface area contributed by atoms with Gasteiger partial charge in [-0.15, -0.1) is 0 Å². The summed E-state index contributed by atoms with van der Waals surface area (Å²) in [4.78, 5) is 0. The Morgan fingerprint density at radius 1 is 1.08 bits per heavy atom. The molecule has 2 nitrogen and oxygen atoms in total. The fourth-order valence-corrected chi connectivity index (χ4v) is 1.71. The molecule has 13 heavy (non-hydrogen) atoms. The third-order valence-corrected chi connectivity index (χ3v) is 2.55. The molecule has 0 amide bonds. The zero-order valence-corrected chi connectivity index (χ0v) is 8.65. The van der Waals surface area contributed by atoms with Crippen molar-refractivity contribution in [1.82, 2.24) is 0 Å². The van der Waals surface area contributed by atoms with Crippen molar-refractivity contribution in [2.75, 3.05) is 11.5 Å². The Morgan fingerprint density at radius 3 is 2.15 bits per heavy atom. The minimum Gasteiger partial charge on any atom is -0.397 e. The molecule has 0 aromatic heterocycles. The van der Waals surface area contributed by atoms with E-state index >= 15 is 0 Å². The third-order valence-electron chi connectivity index (χ3n) is 2.55. The minimum absolute atomic E-state index is 0.744. The van der Waals surface area contributed by atoms with Crippen molar-refractivity contribution in [3.8, 4) is 0 Å².